The number of benzene rings is 1. The minimum absolute atomic E-state index is 0.0784. The molecule has 0 radical (unpaired) electrons. The van der Waals surface area contributed by atoms with Crippen molar-refractivity contribution in [1.29, 1.82) is 0 Å². The Kier molecular flexibility index (Phi) is 6.77. The van der Waals surface area contributed by atoms with Gasteiger partial charge in [0.1, 0.15) is 6.04 Å². The van der Waals surface area contributed by atoms with E-state index in [0.29, 0.717) is 13.1 Å². The van der Waals surface area contributed by atoms with Crippen molar-refractivity contribution >= 4 is 21.9 Å². The fourth-order valence-electron chi connectivity index (χ4n) is 2.69. The maximum atomic E-state index is 12.5. The van der Waals surface area contributed by atoms with Gasteiger partial charge in [-0.2, -0.15) is 4.72 Å². The molecule has 0 aliphatic carbocycles. The maximum Gasteiger partial charge on any atom is 0.324 e. The van der Waals surface area contributed by atoms with Crippen LogP contribution >= 0.6 is 0 Å². The predicted octanol–water partition coefficient (Wildman–Crippen LogP) is 1.46. The Morgan fingerprint density at radius 1 is 1.15 bits per heavy atom. The average Bonchev–Trinajstić information content (AvgIpc) is 3.12. The van der Waals surface area contributed by atoms with Gasteiger partial charge < -0.3 is 9.64 Å². The molecule has 1 fully saturated rings. The summed E-state index contributed by atoms with van der Waals surface area (Å²) >= 11 is 0. The highest BCUT2D eigenvalue weighted by Crippen LogP contribution is 2.14. The van der Waals surface area contributed by atoms with E-state index >= 15 is 0 Å². The highest BCUT2D eigenvalue weighted by molar-refractivity contribution is 7.89. The fraction of sp³-hybridized carbons (Fsp3) is 0.556. The summed E-state index contributed by atoms with van der Waals surface area (Å²) in [5.41, 5.74) is 0.934. The first-order valence-corrected chi connectivity index (χ1v) is 10.2. The Labute approximate surface area is 154 Å². The smallest absolute Gasteiger partial charge is 0.324 e. The molecule has 144 valence electrons. The number of sulfonamides is 1. The highest BCUT2D eigenvalue weighted by atomic mass is 32.2. The van der Waals surface area contributed by atoms with Gasteiger partial charge in [0, 0.05) is 13.1 Å². The van der Waals surface area contributed by atoms with Gasteiger partial charge in [-0.25, -0.2) is 8.42 Å². The Hall–Kier alpha value is -1.93. The molecule has 1 N–H and O–H groups in total. The van der Waals surface area contributed by atoms with Crippen LogP contribution in [0.15, 0.2) is 29.2 Å². The monoisotopic (exact) mass is 382 g/mol. The van der Waals surface area contributed by atoms with Crippen molar-refractivity contribution in [2.24, 2.45) is 5.92 Å². The second kappa shape index (κ2) is 8.64. The molecule has 0 spiro atoms. The first-order valence-electron chi connectivity index (χ1n) is 8.74. The Bertz CT molecular complexity index is 737. The van der Waals surface area contributed by atoms with Crippen LogP contribution in [0.5, 0.6) is 0 Å². The van der Waals surface area contributed by atoms with Crippen molar-refractivity contribution in [2.75, 3.05) is 19.7 Å². The second-order valence-corrected chi connectivity index (χ2v) is 8.57. The number of ether oxygens (including phenoxy) is 1. The molecule has 8 heteroatoms. The van der Waals surface area contributed by atoms with Crippen LogP contribution < -0.4 is 4.72 Å². The first kappa shape index (κ1) is 20.4. The molecule has 0 saturated carbocycles. The van der Waals surface area contributed by atoms with Gasteiger partial charge in [-0.3, -0.25) is 9.59 Å². The van der Waals surface area contributed by atoms with Gasteiger partial charge in [0.2, 0.25) is 10.0 Å². The first-order chi connectivity index (χ1) is 12.2. The number of hydrogen-bond donors (Lipinski definition) is 1. The molecule has 1 aliphatic rings. The van der Waals surface area contributed by atoms with Gasteiger partial charge in [0.15, 0.2) is 6.61 Å². The molecule has 0 bridgehead atoms. The van der Waals surface area contributed by atoms with E-state index in [1.807, 2.05) is 6.92 Å². The van der Waals surface area contributed by atoms with Crippen LogP contribution in [0.25, 0.3) is 0 Å². The van der Waals surface area contributed by atoms with Crippen molar-refractivity contribution in [3.05, 3.63) is 29.8 Å². The van der Waals surface area contributed by atoms with Crippen LogP contribution in [0.1, 0.15) is 32.3 Å². The van der Waals surface area contributed by atoms with Crippen molar-refractivity contribution < 1.29 is 22.7 Å². The molecule has 7 nitrogen and oxygen atoms in total. The van der Waals surface area contributed by atoms with Crippen molar-refractivity contribution in [3.8, 4) is 0 Å². The van der Waals surface area contributed by atoms with Gasteiger partial charge in [-0.05, 0) is 37.8 Å². The van der Waals surface area contributed by atoms with Crippen LogP contribution in [0, 0.1) is 12.8 Å². The molecule has 1 aliphatic heterocycles. The molecule has 1 aromatic rings. The summed E-state index contributed by atoms with van der Waals surface area (Å²) in [7, 11) is -3.87. The summed E-state index contributed by atoms with van der Waals surface area (Å²) in [5, 5.41) is 0. The quantitative estimate of drug-likeness (QED) is 0.721. The van der Waals surface area contributed by atoms with E-state index in [4.69, 9.17) is 4.74 Å². The largest absolute Gasteiger partial charge is 0.454 e. The lowest BCUT2D eigenvalue weighted by Crippen LogP contribution is -2.46. The zero-order chi connectivity index (χ0) is 19.3. The van der Waals surface area contributed by atoms with Gasteiger partial charge in [-0.15, -0.1) is 0 Å². The Balaban J connectivity index is 2.01. The molecular weight excluding hydrogens is 356 g/mol. The van der Waals surface area contributed by atoms with Crippen molar-refractivity contribution in [1.82, 2.24) is 9.62 Å². The number of aryl methyl sites for hydroxylation is 1. The minimum atomic E-state index is -3.87. The highest BCUT2D eigenvalue weighted by Gasteiger charge is 2.30. The predicted molar refractivity (Wildman–Crippen MR) is 96.9 cm³/mol. The maximum absolute atomic E-state index is 12.5. The zero-order valence-electron chi connectivity index (χ0n) is 15.4. The molecule has 1 heterocycles. The van der Waals surface area contributed by atoms with Gasteiger partial charge >= 0.3 is 5.97 Å². The van der Waals surface area contributed by atoms with E-state index in [1.54, 1.807) is 30.9 Å². The van der Waals surface area contributed by atoms with Crippen LogP contribution in [0.4, 0.5) is 0 Å². The van der Waals surface area contributed by atoms with Gasteiger partial charge in [0.25, 0.3) is 5.91 Å². The lowest BCUT2D eigenvalue weighted by Gasteiger charge is -2.21. The number of amides is 1. The van der Waals surface area contributed by atoms with Crippen molar-refractivity contribution in [2.45, 2.75) is 44.6 Å². The molecule has 26 heavy (non-hydrogen) atoms. The lowest BCUT2D eigenvalue weighted by molar-refractivity contribution is -0.153. The topological polar surface area (TPSA) is 92.8 Å². The fourth-order valence-corrected chi connectivity index (χ4v) is 4.02. The van der Waals surface area contributed by atoms with E-state index < -0.39 is 22.0 Å². The number of carbonyl (C=O) groups is 2. The third-order valence-corrected chi connectivity index (χ3v) is 5.79. The van der Waals surface area contributed by atoms with Gasteiger partial charge in [0.05, 0.1) is 4.90 Å². The van der Waals surface area contributed by atoms with E-state index in [-0.39, 0.29) is 23.3 Å². The van der Waals surface area contributed by atoms with Gasteiger partial charge in [-0.1, -0.05) is 31.5 Å². The number of likely N-dealkylation sites (tertiary alicyclic amines) is 1. The number of esters is 1. The summed E-state index contributed by atoms with van der Waals surface area (Å²) < 4.78 is 32.5. The van der Waals surface area contributed by atoms with E-state index in [2.05, 4.69) is 4.72 Å². The minimum Gasteiger partial charge on any atom is -0.454 e. The molecule has 0 unspecified atom stereocenters. The molecule has 1 saturated heterocycles. The number of nitrogens with one attached hydrogen (secondary N) is 1. The van der Waals surface area contributed by atoms with Crippen molar-refractivity contribution in [3.63, 3.8) is 0 Å². The molecule has 1 amide bonds. The van der Waals surface area contributed by atoms with E-state index in [0.717, 1.165) is 18.4 Å². The van der Waals surface area contributed by atoms with Crippen LogP contribution in [0.2, 0.25) is 0 Å². The third-order valence-electron chi connectivity index (χ3n) is 4.33. The molecule has 2 rings (SSSR count). The number of nitrogens with zero attached hydrogens (tertiary/aromatic N) is 1. The van der Waals surface area contributed by atoms with E-state index in [1.165, 1.54) is 12.1 Å². The number of hydrogen-bond acceptors (Lipinski definition) is 5. The average molecular weight is 382 g/mol. The number of rotatable bonds is 7. The molecular formula is C18H26N2O5S. The van der Waals surface area contributed by atoms with E-state index in [9.17, 15) is 18.0 Å². The molecule has 0 aromatic heterocycles. The Morgan fingerprint density at radius 2 is 1.73 bits per heavy atom. The Morgan fingerprint density at radius 3 is 2.27 bits per heavy atom. The second-order valence-electron chi connectivity index (χ2n) is 6.85. The number of carbonyl (C=O) groups excluding carboxylic acids is 2. The summed E-state index contributed by atoms with van der Waals surface area (Å²) in [6.07, 6.45) is 1.90. The molecule has 1 atom stereocenters. The summed E-state index contributed by atoms with van der Waals surface area (Å²) in [5.74, 6) is -1.33. The van der Waals surface area contributed by atoms with Crippen LogP contribution in [-0.4, -0.2) is 50.9 Å². The molecule has 1 aromatic carbocycles. The van der Waals surface area contributed by atoms with Crippen LogP contribution in [-0.2, 0) is 24.3 Å². The summed E-state index contributed by atoms with van der Waals surface area (Å²) in [6, 6.07) is 5.28. The summed E-state index contributed by atoms with van der Waals surface area (Å²) in [6.45, 7) is 6.26. The van der Waals surface area contributed by atoms with Crippen LogP contribution in [0.3, 0.4) is 0 Å². The SMILES string of the molecule is Cc1ccc(S(=O)(=O)N[C@H](C(=O)OCC(=O)N2CCCC2)C(C)C)cc1. The third kappa shape index (κ3) is 5.28. The standard InChI is InChI=1S/C18H26N2O5S/c1-13(2)17(18(22)25-12-16(21)20-10-4-5-11-20)19-26(23,24)15-8-6-14(3)7-9-15/h6-9,13,17,19H,4-5,10-12H2,1-3H3/t17-/m0/s1. The lowest BCUT2D eigenvalue weighted by atomic mass is 10.1. The summed E-state index contributed by atoms with van der Waals surface area (Å²) in [4.78, 5) is 26.1. The normalized spacial score (nSPS) is 15.9. The zero-order valence-corrected chi connectivity index (χ0v) is 16.2.